The number of nitrogens with one attached hydrogen (secondary N) is 1. The summed E-state index contributed by atoms with van der Waals surface area (Å²) in [6.07, 6.45) is 4.26. The van der Waals surface area contributed by atoms with E-state index in [-0.39, 0.29) is 12.4 Å². The lowest BCUT2D eigenvalue weighted by Gasteiger charge is -2.47. The summed E-state index contributed by atoms with van der Waals surface area (Å²) in [6, 6.07) is 35.9. The normalized spacial score (nSPS) is 22.5. The third kappa shape index (κ3) is 2.79. The molecule has 160 valence electrons. The second kappa shape index (κ2) is 7.49. The van der Waals surface area contributed by atoms with Crippen molar-refractivity contribution >= 4 is 17.5 Å². The molecule has 0 aromatic heterocycles. The molecule has 4 aromatic carbocycles. The number of hydrogen-bond acceptors (Lipinski definition) is 3. The van der Waals surface area contributed by atoms with Crippen molar-refractivity contribution in [3.63, 3.8) is 0 Å². The number of ketones is 1. The number of ether oxygens (including phenoxy) is 1. The molecule has 33 heavy (non-hydrogen) atoms. The number of Topliss-reactive ketones (excluding diaryl/α,β-unsaturated/α-hetero) is 1. The summed E-state index contributed by atoms with van der Waals surface area (Å²) in [7, 11) is 0. The number of benzene rings is 4. The molecule has 2 heterocycles. The Morgan fingerprint density at radius 2 is 1.39 bits per heavy atom. The Morgan fingerprint density at radius 1 is 0.758 bits per heavy atom. The molecule has 6 rings (SSSR count). The van der Waals surface area contributed by atoms with E-state index in [1.165, 1.54) is 0 Å². The van der Waals surface area contributed by atoms with Gasteiger partial charge in [-0.2, -0.15) is 0 Å². The minimum absolute atomic E-state index is 0.0489. The van der Waals surface area contributed by atoms with Crippen molar-refractivity contribution in [2.45, 2.75) is 11.0 Å². The Labute approximate surface area is 193 Å². The minimum Gasteiger partial charge on any atom is -0.492 e. The number of fused-ring (bicyclic) bond motifs is 5. The predicted molar refractivity (Wildman–Crippen MR) is 132 cm³/mol. The molecule has 0 bridgehead atoms. The van der Waals surface area contributed by atoms with Crippen LogP contribution in [0.2, 0.25) is 0 Å². The summed E-state index contributed by atoms with van der Waals surface area (Å²) in [5.74, 6) is 0.847. The first-order valence-corrected chi connectivity index (χ1v) is 11.2. The van der Waals surface area contributed by atoms with Crippen LogP contribution in [0, 0.1) is 0 Å². The zero-order valence-electron chi connectivity index (χ0n) is 18.1. The molecule has 3 heteroatoms. The standard InChI is InChI=1S/C30H23NO2/c32-28(23-13-5-2-6-14-23)29-21-33-27-18-10-8-16-25(27)30(29,20-19-22-11-3-1-4-12-22)31-26-17-9-7-15-24(26)29/h1-20,31H,21H2/b20-19+/t29-,30-/m1/s1. The van der Waals surface area contributed by atoms with Gasteiger partial charge in [-0.3, -0.25) is 4.79 Å². The Bertz CT molecular complexity index is 1360. The highest BCUT2D eigenvalue weighted by molar-refractivity contribution is 6.09. The van der Waals surface area contributed by atoms with E-state index >= 15 is 0 Å². The topological polar surface area (TPSA) is 38.3 Å². The molecule has 0 spiro atoms. The maximum Gasteiger partial charge on any atom is 0.180 e. The van der Waals surface area contributed by atoms with E-state index in [2.05, 4.69) is 41.7 Å². The van der Waals surface area contributed by atoms with Crippen LogP contribution in [0.4, 0.5) is 5.69 Å². The van der Waals surface area contributed by atoms with Crippen LogP contribution in [0.1, 0.15) is 27.0 Å². The molecule has 2 aliphatic rings. The molecular formula is C30H23NO2. The first-order chi connectivity index (χ1) is 16.2. The van der Waals surface area contributed by atoms with Gasteiger partial charge in [0, 0.05) is 16.8 Å². The van der Waals surface area contributed by atoms with Gasteiger partial charge < -0.3 is 10.1 Å². The highest BCUT2D eigenvalue weighted by atomic mass is 16.5. The molecule has 0 aliphatic carbocycles. The molecule has 0 saturated heterocycles. The van der Waals surface area contributed by atoms with Gasteiger partial charge in [0.15, 0.2) is 5.78 Å². The summed E-state index contributed by atoms with van der Waals surface area (Å²) >= 11 is 0. The second-order valence-corrected chi connectivity index (χ2v) is 8.61. The molecule has 2 aliphatic heterocycles. The molecule has 0 amide bonds. The number of hydrogen-bond donors (Lipinski definition) is 1. The van der Waals surface area contributed by atoms with Crippen molar-refractivity contribution in [3.8, 4) is 5.75 Å². The maximum absolute atomic E-state index is 14.4. The van der Waals surface area contributed by atoms with Gasteiger partial charge in [0.05, 0.1) is 0 Å². The summed E-state index contributed by atoms with van der Waals surface area (Å²) < 4.78 is 6.32. The fraction of sp³-hybridized carbons (Fsp3) is 0.100. The fourth-order valence-corrected chi connectivity index (χ4v) is 5.35. The van der Waals surface area contributed by atoms with Crippen LogP contribution < -0.4 is 10.1 Å². The first kappa shape index (κ1) is 19.6. The molecule has 0 unspecified atom stereocenters. The molecule has 3 nitrogen and oxygen atoms in total. The zero-order valence-corrected chi connectivity index (χ0v) is 18.1. The van der Waals surface area contributed by atoms with Crippen molar-refractivity contribution in [3.05, 3.63) is 138 Å². The predicted octanol–water partition coefficient (Wildman–Crippen LogP) is 6.23. The molecule has 0 fully saturated rings. The van der Waals surface area contributed by atoms with Gasteiger partial charge in [-0.05, 0) is 23.3 Å². The van der Waals surface area contributed by atoms with Gasteiger partial charge in [-0.15, -0.1) is 0 Å². The average Bonchev–Trinajstić information content (AvgIpc) is 3.20. The van der Waals surface area contributed by atoms with E-state index in [9.17, 15) is 4.79 Å². The lowest BCUT2D eigenvalue weighted by atomic mass is 9.60. The zero-order chi connectivity index (χ0) is 22.3. The van der Waals surface area contributed by atoms with Crippen LogP contribution in [-0.4, -0.2) is 12.4 Å². The molecular weight excluding hydrogens is 406 g/mol. The summed E-state index contributed by atoms with van der Waals surface area (Å²) in [5, 5.41) is 3.78. The monoisotopic (exact) mass is 429 g/mol. The van der Waals surface area contributed by atoms with Crippen molar-refractivity contribution in [1.29, 1.82) is 0 Å². The number of carbonyl (C=O) groups is 1. The number of rotatable bonds is 4. The van der Waals surface area contributed by atoms with Crippen LogP contribution in [-0.2, 0) is 11.0 Å². The number of anilines is 1. The second-order valence-electron chi connectivity index (χ2n) is 8.61. The minimum atomic E-state index is -0.954. The quantitative estimate of drug-likeness (QED) is 0.391. The van der Waals surface area contributed by atoms with E-state index < -0.39 is 11.0 Å². The highest BCUT2D eigenvalue weighted by Gasteiger charge is 2.65. The largest absolute Gasteiger partial charge is 0.492 e. The van der Waals surface area contributed by atoms with Crippen LogP contribution in [0.3, 0.4) is 0 Å². The molecule has 2 atom stereocenters. The SMILES string of the molecule is O=C(c1ccccc1)[C@]12COc3ccccc3[C@@]1(/C=C/c1ccccc1)Nc1ccccc12. The fourth-order valence-electron chi connectivity index (χ4n) is 5.35. The first-order valence-electron chi connectivity index (χ1n) is 11.2. The molecule has 4 aromatic rings. The summed E-state index contributed by atoms with van der Waals surface area (Å²) in [5.41, 5.74) is 2.89. The van der Waals surface area contributed by atoms with Crippen LogP contribution >= 0.6 is 0 Å². The Kier molecular flexibility index (Phi) is 4.44. The van der Waals surface area contributed by atoms with E-state index in [1.54, 1.807) is 0 Å². The van der Waals surface area contributed by atoms with Crippen molar-refractivity contribution in [2.75, 3.05) is 11.9 Å². The van der Waals surface area contributed by atoms with E-state index in [1.807, 2.05) is 84.9 Å². The lowest BCUT2D eigenvalue weighted by Crippen LogP contribution is -2.59. The van der Waals surface area contributed by atoms with Crippen LogP contribution in [0.25, 0.3) is 6.08 Å². The summed E-state index contributed by atoms with van der Waals surface area (Å²) in [4.78, 5) is 14.4. The molecule has 0 radical (unpaired) electrons. The van der Waals surface area contributed by atoms with Crippen molar-refractivity contribution in [1.82, 2.24) is 0 Å². The van der Waals surface area contributed by atoms with Gasteiger partial charge >= 0.3 is 0 Å². The van der Waals surface area contributed by atoms with Gasteiger partial charge in [0.1, 0.15) is 23.3 Å². The van der Waals surface area contributed by atoms with Gasteiger partial charge in [-0.1, -0.05) is 109 Å². The van der Waals surface area contributed by atoms with E-state index in [4.69, 9.17) is 4.74 Å². The molecule has 1 N–H and O–H groups in total. The van der Waals surface area contributed by atoms with Crippen LogP contribution in [0.5, 0.6) is 5.75 Å². The Hall–Kier alpha value is -4.11. The third-order valence-corrected chi connectivity index (χ3v) is 6.90. The number of carbonyl (C=O) groups excluding carboxylic acids is 1. The van der Waals surface area contributed by atoms with Gasteiger partial charge in [0.2, 0.25) is 0 Å². The smallest absolute Gasteiger partial charge is 0.180 e. The third-order valence-electron chi connectivity index (χ3n) is 6.90. The summed E-state index contributed by atoms with van der Waals surface area (Å²) in [6.45, 7) is 0.251. The van der Waals surface area contributed by atoms with Crippen molar-refractivity contribution < 1.29 is 9.53 Å². The number of para-hydroxylation sites is 2. The highest BCUT2D eigenvalue weighted by Crippen LogP contribution is 2.59. The Morgan fingerprint density at radius 3 is 2.18 bits per heavy atom. The maximum atomic E-state index is 14.4. The average molecular weight is 430 g/mol. The van der Waals surface area contributed by atoms with Gasteiger partial charge in [-0.25, -0.2) is 0 Å². The molecule has 0 saturated carbocycles. The van der Waals surface area contributed by atoms with E-state index in [0.717, 1.165) is 28.1 Å². The Balaban J connectivity index is 1.66. The van der Waals surface area contributed by atoms with E-state index in [0.29, 0.717) is 5.56 Å². The van der Waals surface area contributed by atoms with Crippen LogP contribution in [0.15, 0.2) is 115 Å². The van der Waals surface area contributed by atoms with Gasteiger partial charge in [0.25, 0.3) is 0 Å². The lowest BCUT2D eigenvalue weighted by molar-refractivity contribution is 0.0704. The van der Waals surface area contributed by atoms with Crippen molar-refractivity contribution in [2.24, 2.45) is 0 Å².